The molecule has 1 rings (SSSR count). The summed E-state index contributed by atoms with van der Waals surface area (Å²) in [5.74, 6) is 0.265. The Balaban J connectivity index is 2.36. The first kappa shape index (κ1) is 20.2. The van der Waals surface area contributed by atoms with Crippen LogP contribution < -0.4 is 0 Å². The minimum atomic E-state index is -3.84. The number of hydrogen-bond acceptors (Lipinski definition) is 2. The van der Waals surface area contributed by atoms with E-state index in [0.29, 0.717) is 12.3 Å². The van der Waals surface area contributed by atoms with Gasteiger partial charge in [0.2, 0.25) is 0 Å². The monoisotopic (exact) mass is 340 g/mol. The molecule has 132 valence electrons. The SMILES string of the molecule is CCCCCCCCCC(CCCS(=O)(=O)O)c1ccccc1. The minimum absolute atomic E-state index is 0.132. The van der Waals surface area contributed by atoms with E-state index in [9.17, 15) is 8.42 Å². The standard InChI is InChI=1S/C19H32O3S/c1-2-3-4-5-6-7-9-13-19(16-12-17-23(20,21)22)18-14-10-8-11-15-18/h8,10-11,14-15,19H,2-7,9,12-13,16-17H2,1H3,(H,20,21,22). The van der Waals surface area contributed by atoms with Crippen LogP contribution in [0.2, 0.25) is 0 Å². The van der Waals surface area contributed by atoms with Crippen LogP contribution >= 0.6 is 0 Å². The summed E-state index contributed by atoms with van der Waals surface area (Å²) in [5.41, 5.74) is 1.29. The van der Waals surface area contributed by atoms with Gasteiger partial charge in [-0.15, -0.1) is 0 Å². The molecule has 1 unspecified atom stereocenters. The second-order valence-corrected chi connectivity index (χ2v) is 8.02. The largest absolute Gasteiger partial charge is 0.286 e. The van der Waals surface area contributed by atoms with Crippen molar-refractivity contribution in [3.8, 4) is 0 Å². The summed E-state index contributed by atoms with van der Waals surface area (Å²) in [6, 6.07) is 10.3. The first-order chi connectivity index (χ1) is 11.0. The maximum absolute atomic E-state index is 10.9. The van der Waals surface area contributed by atoms with Gasteiger partial charge in [0.25, 0.3) is 10.1 Å². The van der Waals surface area contributed by atoms with Crippen molar-refractivity contribution >= 4 is 10.1 Å². The number of benzene rings is 1. The fraction of sp³-hybridized carbons (Fsp3) is 0.684. The van der Waals surface area contributed by atoms with Gasteiger partial charge in [-0.1, -0.05) is 82.2 Å². The van der Waals surface area contributed by atoms with Gasteiger partial charge >= 0.3 is 0 Å². The van der Waals surface area contributed by atoms with E-state index in [1.807, 2.05) is 18.2 Å². The van der Waals surface area contributed by atoms with Gasteiger partial charge in [0.15, 0.2) is 0 Å². The molecular weight excluding hydrogens is 308 g/mol. The summed E-state index contributed by atoms with van der Waals surface area (Å²) < 4.78 is 30.7. The van der Waals surface area contributed by atoms with Crippen LogP contribution in [0.4, 0.5) is 0 Å². The summed E-state index contributed by atoms with van der Waals surface area (Å²) in [6.45, 7) is 2.23. The third-order valence-corrected chi connectivity index (χ3v) is 5.19. The van der Waals surface area contributed by atoms with Crippen molar-refractivity contribution in [1.82, 2.24) is 0 Å². The minimum Gasteiger partial charge on any atom is -0.286 e. The second-order valence-electron chi connectivity index (χ2n) is 6.45. The van der Waals surface area contributed by atoms with Crippen molar-refractivity contribution in [3.05, 3.63) is 35.9 Å². The molecule has 0 amide bonds. The molecule has 0 aliphatic rings. The predicted molar refractivity (Wildman–Crippen MR) is 97.4 cm³/mol. The fourth-order valence-electron chi connectivity index (χ4n) is 3.06. The maximum atomic E-state index is 10.9. The van der Waals surface area contributed by atoms with Crippen LogP contribution in [0.15, 0.2) is 30.3 Å². The zero-order valence-electron chi connectivity index (χ0n) is 14.4. The average molecular weight is 341 g/mol. The van der Waals surface area contributed by atoms with E-state index >= 15 is 0 Å². The van der Waals surface area contributed by atoms with Crippen molar-refractivity contribution in [2.75, 3.05) is 5.75 Å². The Morgan fingerprint density at radius 3 is 2.04 bits per heavy atom. The topological polar surface area (TPSA) is 54.4 Å². The molecule has 0 fully saturated rings. The summed E-state index contributed by atoms with van der Waals surface area (Å²) in [4.78, 5) is 0. The molecule has 23 heavy (non-hydrogen) atoms. The van der Waals surface area contributed by atoms with E-state index in [1.54, 1.807) is 0 Å². The quantitative estimate of drug-likeness (QED) is 0.377. The summed E-state index contributed by atoms with van der Waals surface area (Å²) in [6.07, 6.45) is 11.5. The van der Waals surface area contributed by atoms with Gasteiger partial charge in [-0.3, -0.25) is 4.55 Å². The molecule has 0 aromatic heterocycles. The van der Waals surface area contributed by atoms with Gasteiger partial charge in [0, 0.05) is 0 Å². The molecule has 0 heterocycles. The molecule has 1 N–H and O–H groups in total. The highest BCUT2D eigenvalue weighted by molar-refractivity contribution is 7.85. The Morgan fingerprint density at radius 2 is 1.43 bits per heavy atom. The Bertz CT molecular complexity index is 497. The molecule has 4 heteroatoms. The first-order valence-electron chi connectivity index (χ1n) is 9.03. The van der Waals surface area contributed by atoms with Crippen molar-refractivity contribution < 1.29 is 13.0 Å². The fourth-order valence-corrected chi connectivity index (χ4v) is 3.59. The van der Waals surface area contributed by atoms with Gasteiger partial charge in [-0.05, 0) is 30.7 Å². The van der Waals surface area contributed by atoms with E-state index in [2.05, 4.69) is 19.1 Å². The van der Waals surface area contributed by atoms with Gasteiger partial charge < -0.3 is 0 Å². The third-order valence-electron chi connectivity index (χ3n) is 4.38. The highest BCUT2D eigenvalue weighted by atomic mass is 32.2. The molecule has 0 saturated carbocycles. The molecule has 0 spiro atoms. The third kappa shape index (κ3) is 10.5. The molecule has 3 nitrogen and oxygen atoms in total. The normalized spacial score (nSPS) is 13.1. The van der Waals surface area contributed by atoms with Crippen LogP contribution in [-0.2, 0) is 10.1 Å². The molecule has 1 aromatic rings. The van der Waals surface area contributed by atoms with E-state index < -0.39 is 10.1 Å². The molecule has 0 aliphatic carbocycles. The van der Waals surface area contributed by atoms with E-state index in [4.69, 9.17) is 4.55 Å². The average Bonchev–Trinajstić information content (AvgIpc) is 2.52. The van der Waals surface area contributed by atoms with E-state index in [1.165, 1.54) is 50.5 Å². The van der Waals surface area contributed by atoms with Gasteiger partial charge in [0.1, 0.15) is 0 Å². The van der Waals surface area contributed by atoms with Crippen LogP contribution in [0.3, 0.4) is 0 Å². The van der Waals surface area contributed by atoms with Crippen molar-refractivity contribution in [2.24, 2.45) is 0 Å². The number of unbranched alkanes of at least 4 members (excludes halogenated alkanes) is 6. The molecule has 1 atom stereocenters. The zero-order chi connectivity index (χ0) is 17.0. The smallest absolute Gasteiger partial charge is 0.264 e. The molecule has 1 aromatic carbocycles. The van der Waals surface area contributed by atoms with Crippen LogP contribution in [-0.4, -0.2) is 18.7 Å². The van der Waals surface area contributed by atoms with Gasteiger partial charge in [0.05, 0.1) is 5.75 Å². The lowest BCUT2D eigenvalue weighted by atomic mass is 9.89. The lowest BCUT2D eigenvalue weighted by Gasteiger charge is -2.17. The van der Waals surface area contributed by atoms with Crippen molar-refractivity contribution in [3.63, 3.8) is 0 Å². The number of rotatable bonds is 13. The Kier molecular flexibility index (Phi) is 10.2. The molecule has 0 radical (unpaired) electrons. The summed E-state index contributed by atoms with van der Waals surface area (Å²) in [5, 5.41) is 0. The lowest BCUT2D eigenvalue weighted by Crippen LogP contribution is -2.07. The summed E-state index contributed by atoms with van der Waals surface area (Å²) >= 11 is 0. The molecule has 0 aliphatic heterocycles. The highest BCUT2D eigenvalue weighted by Crippen LogP contribution is 2.27. The van der Waals surface area contributed by atoms with Gasteiger partial charge in [-0.2, -0.15) is 8.42 Å². The van der Waals surface area contributed by atoms with Crippen LogP contribution in [0.5, 0.6) is 0 Å². The Labute approximate surface area is 142 Å². The van der Waals surface area contributed by atoms with Gasteiger partial charge in [-0.25, -0.2) is 0 Å². The molecule has 0 bridgehead atoms. The lowest BCUT2D eigenvalue weighted by molar-refractivity contribution is 0.472. The first-order valence-corrected chi connectivity index (χ1v) is 10.6. The Hall–Kier alpha value is -0.870. The highest BCUT2D eigenvalue weighted by Gasteiger charge is 2.13. The molecule has 0 saturated heterocycles. The predicted octanol–water partition coefficient (Wildman–Crippen LogP) is 5.58. The van der Waals surface area contributed by atoms with Crippen LogP contribution in [0.1, 0.15) is 82.6 Å². The Morgan fingerprint density at radius 1 is 0.870 bits per heavy atom. The van der Waals surface area contributed by atoms with Crippen molar-refractivity contribution in [1.29, 1.82) is 0 Å². The van der Waals surface area contributed by atoms with E-state index in [0.717, 1.165) is 12.8 Å². The van der Waals surface area contributed by atoms with Crippen LogP contribution in [0.25, 0.3) is 0 Å². The summed E-state index contributed by atoms with van der Waals surface area (Å²) in [7, 11) is -3.84. The number of hydrogen-bond donors (Lipinski definition) is 1. The maximum Gasteiger partial charge on any atom is 0.264 e. The zero-order valence-corrected chi connectivity index (χ0v) is 15.2. The van der Waals surface area contributed by atoms with E-state index in [-0.39, 0.29) is 5.75 Å². The molecular formula is C19H32O3S. The van der Waals surface area contributed by atoms with Crippen molar-refractivity contribution in [2.45, 2.75) is 77.0 Å². The van der Waals surface area contributed by atoms with Crippen LogP contribution in [0, 0.1) is 0 Å². The second kappa shape index (κ2) is 11.6.